The van der Waals surface area contributed by atoms with Crippen LogP contribution in [0.25, 0.3) is 0 Å². The van der Waals surface area contributed by atoms with E-state index in [0.717, 1.165) is 25.7 Å². The van der Waals surface area contributed by atoms with Gasteiger partial charge in [0, 0.05) is 12.1 Å². The van der Waals surface area contributed by atoms with Crippen molar-refractivity contribution in [3.63, 3.8) is 0 Å². The van der Waals surface area contributed by atoms with Crippen molar-refractivity contribution in [2.24, 2.45) is 5.41 Å². The van der Waals surface area contributed by atoms with Crippen molar-refractivity contribution in [2.75, 3.05) is 12.3 Å². The van der Waals surface area contributed by atoms with E-state index in [0.29, 0.717) is 17.7 Å². The van der Waals surface area contributed by atoms with E-state index >= 15 is 0 Å². The fraction of sp³-hybridized carbons (Fsp3) is 0.500. The molecule has 0 aromatic heterocycles. The van der Waals surface area contributed by atoms with Gasteiger partial charge in [-0.15, -0.1) is 0 Å². The van der Waals surface area contributed by atoms with Crippen LogP contribution in [0.2, 0.25) is 0 Å². The average molecular weight is 288 g/mol. The second kappa shape index (κ2) is 5.15. The maximum atomic E-state index is 12.5. The van der Waals surface area contributed by atoms with Gasteiger partial charge >= 0.3 is 0 Å². The molecule has 1 aromatic carbocycles. The lowest BCUT2D eigenvalue weighted by Gasteiger charge is -2.23. The third-order valence-corrected chi connectivity index (χ3v) is 4.73. The zero-order valence-electron chi connectivity index (χ0n) is 11.9. The van der Waals surface area contributed by atoms with Gasteiger partial charge in [0.15, 0.2) is 0 Å². The molecule has 1 saturated carbocycles. The van der Waals surface area contributed by atoms with Gasteiger partial charge in [-0.1, -0.05) is 25.0 Å². The third-order valence-electron chi connectivity index (χ3n) is 4.73. The van der Waals surface area contributed by atoms with E-state index in [1.54, 1.807) is 24.3 Å². The maximum Gasteiger partial charge on any atom is 0.236 e. The molecular weight excluding hydrogens is 268 g/mol. The first-order chi connectivity index (χ1) is 10.0. The summed E-state index contributed by atoms with van der Waals surface area (Å²) in [6.45, 7) is 0.0311. The monoisotopic (exact) mass is 288 g/mol. The summed E-state index contributed by atoms with van der Waals surface area (Å²) in [5, 5.41) is 10.3. The average Bonchev–Trinajstić information content (AvgIpc) is 3.01. The lowest BCUT2D eigenvalue weighted by atomic mass is 9.84. The second-order valence-corrected chi connectivity index (χ2v) is 6.16. The van der Waals surface area contributed by atoms with Crippen molar-refractivity contribution in [1.82, 2.24) is 4.90 Å². The van der Waals surface area contributed by atoms with Crippen LogP contribution in [-0.2, 0) is 9.59 Å². The number of imide groups is 1. The summed E-state index contributed by atoms with van der Waals surface area (Å²) in [5.41, 5.74) is 6.42. The summed E-state index contributed by atoms with van der Waals surface area (Å²) in [6, 6.07) is 6.84. The lowest BCUT2D eigenvalue weighted by Crippen LogP contribution is -2.37. The Labute approximate surface area is 123 Å². The fourth-order valence-electron chi connectivity index (χ4n) is 3.48. The van der Waals surface area contributed by atoms with Crippen LogP contribution in [0.15, 0.2) is 24.3 Å². The van der Waals surface area contributed by atoms with Gasteiger partial charge in [0.25, 0.3) is 0 Å². The molecule has 2 amide bonds. The number of hydrogen-bond donors (Lipinski definition) is 2. The smallest absolute Gasteiger partial charge is 0.236 e. The van der Waals surface area contributed by atoms with Gasteiger partial charge in [0.05, 0.1) is 18.1 Å². The first kappa shape index (κ1) is 14.1. The molecule has 1 unspecified atom stereocenters. The standard InChI is InChI=1S/C16H20N2O3/c17-12-5-3-11(4-6-12)13(19)10-18-14(20)9-16(15(18)21)7-1-2-8-16/h3-6,13,19H,1-2,7-10,17H2. The predicted octanol–water partition coefficient (Wildman–Crippen LogP) is 1.62. The van der Waals surface area contributed by atoms with Crippen molar-refractivity contribution in [1.29, 1.82) is 0 Å². The van der Waals surface area contributed by atoms with E-state index in [2.05, 4.69) is 0 Å². The van der Waals surface area contributed by atoms with Gasteiger partial charge in [-0.25, -0.2) is 0 Å². The maximum absolute atomic E-state index is 12.5. The number of aliphatic hydroxyl groups excluding tert-OH is 1. The highest BCUT2D eigenvalue weighted by molar-refractivity contribution is 6.06. The number of carbonyl (C=O) groups excluding carboxylic acids is 2. The minimum atomic E-state index is -0.866. The Hall–Kier alpha value is -1.88. The van der Waals surface area contributed by atoms with E-state index in [4.69, 9.17) is 5.73 Å². The van der Waals surface area contributed by atoms with E-state index in [1.807, 2.05) is 0 Å². The Balaban J connectivity index is 1.74. The normalized spacial score (nSPS) is 22.2. The van der Waals surface area contributed by atoms with Crippen molar-refractivity contribution < 1.29 is 14.7 Å². The van der Waals surface area contributed by atoms with Gasteiger partial charge in [-0.3, -0.25) is 14.5 Å². The van der Waals surface area contributed by atoms with Crippen LogP contribution in [0.5, 0.6) is 0 Å². The molecule has 1 saturated heterocycles. The van der Waals surface area contributed by atoms with E-state index in [-0.39, 0.29) is 18.4 Å². The van der Waals surface area contributed by atoms with E-state index < -0.39 is 11.5 Å². The molecule has 5 nitrogen and oxygen atoms in total. The highest BCUT2D eigenvalue weighted by atomic mass is 16.3. The van der Waals surface area contributed by atoms with Crippen molar-refractivity contribution in [3.05, 3.63) is 29.8 Å². The van der Waals surface area contributed by atoms with Crippen LogP contribution in [0.4, 0.5) is 5.69 Å². The number of benzene rings is 1. The zero-order chi connectivity index (χ0) is 15.0. The largest absolute Gasteiger partial charge is 0.399 e. The molecular formula is C16H20N2O3. The van der Waals surface area contributed by atoms with Gasteiger partial charge < -0.3 is 10.8 Å². The van der Waals surface area contributed by atoms with Gasteiger partial charge in [-0.05, 0) is 30.5 Å². The highest BCUT2D eigenvalue weighted by Crippen LogP contribution is 2.47. The first-order valence-corrected chi connectivity index (χ1v) is 7.40. The summed E-state index contributed by atoms with van der Waals surface area (Å²) < 4.78 is 0. The summed E-state index contributed by atoms with van der Waals surface area (Å²) in [7, 11) is 0. The molecule has 1 aliphatic heterocycles. The Bertz CT molecular complexity index is 561. The van der Waals surface area contributed by atoms with E-state index in [9.17, 15) is 14.7 Å². The van der Waals surface area contributed by atoms with Crippen molar-refractivity contribution >= 4 is 17.5 Å². The number of aliphatic hydroxyl groups is 1. The lowest BCUT2D eigenvalue weighted by molar-refractivity contribution is -0.143. The van der Waals surface area contributed by atoms with Crippen molar-refractivity contribution in [3.8, 4) is 0 Å². The van der Waals surface area contributed by atoms with Crippen LogP contribution in [0.3, 0.4) is 0 Å². The number of β-amino-alcohol motifs (C(OH)–C–C–N with tert-alkyl or cyclic N) is 1. The second-order valence-electron chi connectivity index (χ2n) is 6.16. The Morgan fingerprint density at radius 3 is 2.43 bits per heavy atom. The molecule has 1 heterocycles. The summed E-state index contributed by atoms with van der Waals surface area (Å²) in [4.78, 5) is 25.9. The number of carbonyl (C=O) groups is 2. The fourth-order valence-corrected chi connectivity index (χ4v) is 3.48. The number of nitrogens with zero attached hydrogens (tertiary/aromatic N) is 1. The van der Waals surface area contributed by atoms with Gasteiger partial charge in [-0.2, -0.15) is 0 Å². The van der Waals surface area contributed by atoms with E-state index in [1.165, 1.54) is 4.90 Å². The summed E-state index contributed by atoms with van der Waals surface area (Å²) in [6.07, 6.45) is 3.05. The Morgan fingerprint density at radius 2 is 1.81 bits per heavy atom. The van der Waals surface area contributed by atoms with Gasteiger partial charge in [0.1, 0.15) is 0 Å². The summed E-state index contributed by atoms with van der Waals surface area (Å²) in [5.74, 6) is -0.254. The zero-order valence-corrected chi connectivity index (χ0v) is 11.9. The van der Waals surface area contributed by atoms with Gasteiger partial charge in [0.2, 0.25) is 11.8 Å². The van der Waals surface area contributed by atoms with Crippen molar-refractivity contribution in [2.45, 2.75) is 38.2 Å². The minimum absolute atomic E-state index is 0.0311. The molecule has 21 heavy (non-hydrogen) atoms. The number of rotatable bonds is 3. The topological polar surface area (TPSA) is 83.6 Å². The molecule has 1 spiro atoms. The number of anilines is 1. The molecule has 3 N–H and O–H groups in total. The Morgan fingerprint density at radius 1 is 1.19 bits per heavy atom. The van der Waals surface area contributed by atoms with Crippen LogP contribution in [0, 0.1) is 5.41 Å². The number of nitrogen functional groups attached to an aromatic ring is 1. The molecule has 2 fully saturated rings. The molecule has 2 aliphatic rings. The Kier molecular flexibility index (Phi) is 3.45. The molecule has 0 bridgehead atoms. The van der Waals surface area contributed by atoms with Crippen LogP contribution >= 0.6 is 0 Å². The minimum Gasteiger partial charge on any atom is -0.399 e. The number of likely N-dealkylation sites (tertiary alicyclic amines) is 1. The quantitative estimate of drug-likeness (QED) is 0.654. The molecule has 112 valence electrons. The van der Waals surface area contributed by atoms with Crippen LogP contribution < -0.4 is 5.73 Å². The molecule has 1 atom stereocenters. The third kappa shape index (κ3) is 2.42. The highest BCUT2D eigenvalue weighted by Gasteiger charge is 2.52. The molecule has 0 radical (unpaired) electrons. The van der Waals surface area contributed by atoms with Crippen LogP contribution in [-0.4, -0.2) is 28.4 Å². The first-order valence-electron chi connectivity index (χ1n) is 7.40. The molecule has 1 aliphatic carbocycles. The SMILES string of the molecule is Nc1ccc(C(O)CN2C(=O)CC3(CCCC3)C2=O)cc1. The molecule has 3 rings (SSSR count). The molecule has 1 aromatic rings. The molecule has 5 heteroatoms. The predicted molar refractivity (Wildman–Crippen MR) is 78.1 cm³/mol. The summed E-state index contributed by atoms with van der Waals surface area (Å²) >= 11 is 0. The van der Waals surface area contributed by atoms with Crippen LogP contribution in [0.1, 0.15) is 43.8 Å². The number of hydrogen-bond acceptors (Lipinski definition) is 4. The number of amides is 2. The number of nitrogens with two attached hydrogens (primary N) is 1.